The molecule has 1 spiro atoms. The highest BCUT2D eigenvalue weighted by molar-refractivity contribution is 6.02. The molecule has 6 rings (SSSR count). The summed E-state index contributed by atoms with van der Waals surface area (Å²) in [4.78, 5) is 27.0. The van der Waals surface area contributed by atoms with Crippen LogP contribution in [0, 0.1) is 5.82 Å². The summed E-state index contributed by atoms with van der Waals surface area (Å²) in [5.41, 5.74) is 4.09. The Hall–Kier alpha value is -3.67. The first-order chi connectivity index (χ1) is 16.4. The number of carboxylic acid groups (broad SMARTS) is 1. The summed E-state index contributed by atoms with van der Waals surface area (Å²) in [6.07, 6.45) is 3.78. The summed E-state index contributed by atoms with van der Waals surface area (Å²) in [5.74, 6) is -1.35. The van der Waals surface area contributed by atoms with Crippen molar-refractivity contribution in [3.8, 4) is 0 Å². The highest BCUT2D eigenvalue weighted by Crippen LogP contribution is 2.57. The lowest BCUT2D eigenvalue weighted by Crippen LogP contribution is -2.36. The summed E-state index contributed by atoms with van der Waals surface area (Å²) in [7, 11) is 0. The van der Waals surface area contributed by atoms with Crippen molar-refractivity contribution in [1.82, 2.24) is 5.32 Å². The van der Waals surface area contributed by atoms with Gasteiger partial charge in [0, 0.05) is 24.1 Å². The zero-order valence-electron chi connectivity index (χ0n) is 18.7. The van der Waals surface area contributed by atoms with Gasteiger partial charge in [0.25, 0.3) is 5.91 Å². The van der Waals surface area contributed by atoms with Gasteiger partial charge >= 0.3 is 5.97 Å². The number of anilines is 1. The van der Waals surface area contributed by atoms with E-state index in [0.29, 0.717) is 17.7 Å². The molecule has 0 aromatic heterocycles. The Bertz CT molecular complexity index is 1310. The normalized spacial score (nSPS) is 18.4. The van der Waals surface area contributed by atoms with Crippen LogP contribution < -0.4 is 10.2 Å². The lowest BCUT2D eigenvalue weighted by atomic mass is 9.96. The fraction of sp³-hybridized carbons (Fsp3) is 0.286. The van der Waals surface area contributed by atoms with Gasteiger partial charge in [0.1, 0.15) is 5.82 Å². The van der Waals surface area contributed by atoms with Gasteiger partial charge in [-0.05, 0) is 61.1 Å². The van der Waals surface area contributed by atoms with Crippen LogP contribution in [0.4, 0.5) is 10.1 Å². The number of amides is 1. The van der Waals surface area contributed by atoms with Crippen LogP contribution in [0.3, 0.4) is 0 Å². The number of aromatic carboxylic acids is 1. The second-order valence-electron chi connectivity index (χ2n) is 9.85. The van der Waals surface area contributed by atoms with Crippen molar-refractivity contribution in [2.45, 2.75) is 43.2 Å². The second kappa shape index (κ2) is 7.42. The number of carbonyl (C=O) groups is 2. The monoisotopic (exact) mass is 456 g/mol. The Morgan fingerprint density at radius 1 is 0.941 bits per heavy atom. The molecule has 5 nitrogen and oxygen atoms in total. The standard InChI is InChI=1S/C28H25FN2O3/c29-23-7-2-1-4-19(23)16-31-17-27(12-13-27)22-6-3-5-21(24(22)31)25(32)30-28(14-15-28)20-10-8-18(9-11-20)26(33)34/h1-11H,12-17H2,(H,30,32)(H,33,34). The van der Waals surface area contributed by atoms with Crippen LogP contribution in [0.25, 0.3) is 0 Å². The minimum Gasteiger partial charge on any atom is -0.478 e. The molecule has 0 atom stereocenters. The molecular weight excluding hydrogens is 431 g/mol. The number of hydrogen-bond acceptors (Lipinski definition) is 3. The second-order valence-corrected chi connectivity index (χ2v) is 9.85. The zero-order valence-corrected chi connectivity index (χ0v) is 18.7. The lowest BCUT2D eigenvalue weighted by Gasteiger charge is -2.24. The molecule has 3 aliphatic rings. The SMILES string of the molecule is O=C(O)c1ccc(C2(NC(=O)c3cccc4c3N(Cc3ccccc3F)CC43CC3)CC2)cc1. The predicted molar refractivity (Wildman–Crippen MR) is 127 cm³/mol. The van der Waals surface area contributed by atoms with Crippen LogP contribution in [0.1, 0.15) is 63.1 Å². The van der Waals surface area contributed by atoms with Crippen LogP contribution in [-0.4, -0.2) is 23.5 Å². The number of para-hydroxylation sites is 1. The molecule has 2 saturated carbocycles. The lowest BCUT2D eigenvalue weighted by molar-refractivity contribution is 0.0696. The summed E-state index contributed by atoms with van der Waals surface area (Å²) in [6.45, 7) is 1.22. The highest BCUT2D eigenvalue weighted by atomic mass is 19.1. The first-order valence-electron chi connectivity index (χ1n) is 11.7. The Morgan fingerprint density at radius 2 is 1.68 bits per heavy atom. The molecular formula is C28H25FN2O3. The van der Waals surface area contributed by atoms with Crippen LogP contribution in [0.2, 0.25) is 0 Å². The summed E-state index contributed by atoms with van der Waals surface area (Å²) < 4.78 is 14.4. The largest absolute Gasteiger partial charge is 0.478 e. The van der Waals surface area contributed by atoms with Gasteiger partial charge < -0.3 is 15.3 Å². The third-order valence-corrected chi connectivity index (χ3v) is 7.62. The molecule has 172 valence electrons. The molecule has 0 bridgehead atoms. The van der Waals surface area contributed by atoms with Crippen molar-refractivity contribution in [3.63, 3.8) is 0 Å². The van der Waals surface area contributed by atoms with Crippen molar-refractivity contribution in [2.75, 3.05) is 11.4 Å². The number of halogens is 1. The number of nitrogens with one attached hydrogen (secondary N) is 1. The van der Waals surface area contributed by atoms with E-state index in [0.717, 1.165) is 43.5 Å². The number of rotatable bonds is 6. The topological polar surface area (TPSA) is 69.6 Å². The van der Waals surface area contributed by atoms with E-state index in [1.54, 1.807) is 36.4 Å². The Labute approximate surface area is 197 Å². The molecule has 34 heavy (non-hydrogen) atoms. The van der Waals surface area contributed by atoms with Crippen molar-refractivity contribution in [2.24, 2.45) is 0 Å². The molecule has 6 heteroatoms. The maximum atomic E-state index is 14.4. The van der Waals surface area contributed by atoms with E-state index in [2.05, 4.69) is 16.3 Å². The van der Waals surface area contributed by atoms with E-state index >= 15 is 0 Å². The Balaban J connectivity index is 1.31. The average molecular weight is 457 g/mol. The van der Waals surface area contributed by atoms with E-state index in [4.69, 9.17) is 0 Å². The third kappa shape index (κ3) is 3.36. The van der Waals surface area contributed by atoms with Gasteiger partial charge in [0.05, 0.1) is 22.4 Å². The number of hydrogen-bond donors (Lipinski definition) is 2. The molecule has 0 saturated heterocycles. The van der Waals surface area contributed by atoms with E-state index in [9.17, 15) is 19.1 Å². The van der Waals surface area contributed by atoms with Crippen LogP contribution in [0.15, 0.2) is 66.7 Å². The van der Waals surface area contributed by atoms with E-state index < -0.39 is 11.5 Å². The van der Waals surface area contributed by atoms with Gasteiger partial charge in [-0.25, -0.2) is 9.18 Å². The number of carboxylic acids is 1. The van der Waals surface area contributed by atoms with Gasteiger partial charge in [-0.3, -0.25) is 4.79 Å². The number of carbonyl (C=O) groups excluding carboxylic acids is 1. The molecule has 2 aliphatic carbocycles. The predicted octanol–water partition coefficient (Wildman–Crippen LogP) is 4.99. The molecule has 2 fully saturated rings. The third-order valence-electron chi connectivity index (χ3n) is 7.62. The molecule has 1 heterocycles. The maximum Gasteiger partial charge on any atom is 0.335 e. The summed E-state index contributed by atoms with van der Waals surface area (Å²) in [5, 5.41) is 12.4. The molecule has 2 N–H and O–H groups in total. The summed E-state index contributed by atoms with van der Waals surface area (Å²) in [6, 6.07) is 19.5. The van der Waals surface area contributed by atoms with Crippen molar-refractivity contribution in [3.05, 3.63) is 100 Å². The number of fused-ring (bicyclic) bond motifs is 2. The maximum absolute atomic E-state index is 14.4. The van der Waals surface area contributed by atoms with Crippen molar-refractivity contribution < 1.29 is 19.1 Å². The van der Waals surface area contributed by atoms with E-state index in [-0.39, 0.29) is 22.7 Å². The number of nitrogens with zero attached hydrogens (tertiary/aromatic N) is 1. The van der Waals surface area contributed by atoms with Crippen molar-refractivity contribution in [1.29, 1.82) is 0 Å². The van der Waals surface area contributed by atoms with Gasteiger partial charge in [-0.1, -0.05) is 42.5 Å². The van der Waals surface area contributed by atoms with Gasteiger partial charge in [-0.15, -0.1) is 0 Å². The Kier molecular flexibility index (Phi) is 4.56. The fourth-order valence-corrected chi connectivity index (χ4v) is 5.40. The minimum absolute atomic E-state index is 0.0702. The number of benzene rings is 3. The zero-order chi connectivity index (χ0) is 23.5. The van der Waals surface area contributed by atoms with E-state index in [1.165, 1.54) is 11.6 Å². The van der Waals surface area contributed by atoms with E-state index in [1.807, 2.05) is 18.2 Å². The highest BCUT2D eigenvalue weighted by Gasteiger charge is 2.53. The van der Waals surface area contributed by atoms with Crippen molar-refractivity contribution >= 4 is 17.6 Å². The summed E-state index contributed by atoms with van der Waals surface area (Å²) >= 11 is 0. The molecule has 3 aromatic rings. The van der Waals surface area contributed by atoms with Crippen LogP contribution in [-0.2, 0) is 17.5 Å². The van der Waals surface area contributed by atoms with Gasteiger partial charge in [0.2, 0.25) is 0 Å². The molecule has 3 aromatic carbocycles. The average Bonchev–Trinajstić information content (AvgIpc) is 3.76. The molecule has 0 unspecified atom stereocenters. The molecule has 1 amide bonds. The first-order valence-corrected chi connectivity index (χ1v) is 11.7. The van der Waals surface area contributed by atoms with Crippen LogP contribution >= 0.6 is 0 Å². The Morgan fingerprint density at radius 3 is 2.32 bits per heavy atom. The minimum atomic E-state index is -0.968. The molecule has 1 aliphatic heterocycles. The van der Waals surface area contributed by atoms with Gasteiger partial charge in [-0.2, -0.15) is 0 Å². The first kappa shape index (κ1) is 20.9. The quantitative estimate of drug-likeness (QED) is 0.548. The van der Waals surface area contributed by atoms with Gasteiger partial charge in [0.15, 0.2) is 0 Å². The molecule has 0 radical (unpaired) electrons. The fourth-order valence-electron chi connectivity index (χ4n) is 5.40. The van der Waals surface area contributed by atoms with Crippen LogP contribution in [0.5, 0.6) is 0 Å². The smallest absolute Gasteiger partial charge is 0.335 e.